The molecule has 0 spiro atoms. The summed E-state index contributed by atoms with van der Waals surface area (Å²) in [6.45, 7) is 9.75. The molecule has 0 saturated carbocycles. The molecule has 11 heteroatoms. The second-order valence-electron chi connectivity index (χ2n) is 9.68. The molecule has 1 unspecified atom stereocenters. The molecule has 0 aliphatic carbocycles. The third-order valence-corrected chi connectivity index (χ3v) is 5.64. The molecule has 8 nitrogen and oxygen atoms in total. The molecular formula is C26H30F3N3O5. The highest BCUT2D eigenvalue weighted by molar-refractivity contribution is 5.95. The first-order valence-electron chi connectivity index (χ1n) is 11.7. The highest BCUT2D eigenvalue weighted by Crippen LogP contribution is 2.28. The Kier molecular flexibility index (Phi) is 8.47. The zero-order valence-electron chi connectivity index (χ0n) is 21.1. The van der Waals surface area contributed by atoms with E-state index >= 15 is 0 Å². The standard InChI is InChI=1S/C24H29N3O3.C2HF3O2/c1-16-19(12-21(30-16)24(2,3)4)23(28)25-13-20-22-18(10-11-29-20)15-27(26-22)14-17-8-6-5-7-9-17;3-2(4,5)1(6)7/h5-9,12,15,20H,10-11,13-14H2,1-4H3,(H,25,28);(H,6,7). The SMILES string of the molecule is Cc1oc(C(C)(C)C)cc1C(=O)NCC1OCCc2cn(Cc3ccccc3)nc21.O=C(O)C(F)(F)F. The van der Waals surface area contributed by atoms with Crippen LogP contribution < -0.4 is 5.32 Å². The summed E-state index contributed by atoms with van der Waals surface area (Å²) in [6, 6.07) is 12.1. The number of ether oxygens (including phenoxy) is 1. The van der Waals surface area contributed by atoms with Crippen LogP contribution in [0.5, 0.6) is 0 Å². The van der Waals surface area contributed by atoms with Crippen LogP contribution in [0, 0.1) is 6.92 Å². The lowest BCUT2D eigenvalue weighted by Gasteiger charge is -2.22. The minimum Gasteiger partial charge on any atom is -0.475 e. The molecule has 1 aliphatic heterocycles. The van der Waals surface area contributed by atoms with Gasteiger partial charge in [-0.15, -0.1) is 0 Å². The highest BCUT2D eigenvalue weighted by atomic mass is 19.4. The van der Waals surface area contributed by atoms with E-state index in [4.69, 9.17) is 24.2 Å². The third-order valence-electron chi connectivity index (χ3n) is 5.64. The third kappa shape index (κ3) is 7.45. The summed E-state index contributed by atoms with van der Waals surface area (Å²) in [5, 5.41) is 14.9. The van der Waals surface area contributed by atoms with Gasteiger partial charge in [-0.3, -0.25) is 9.48 Å². The number of carbonyl (C=O) groups excluding carboxylic acids is 1. The van der Waals surface area contributed by atoms with Gasteiger partial charge in [0.1, 0.15) is 17.6 Å². The summed E-state index contributed by atoms with van der Waals surface area (Å²) in [5.74, 6) is -1.46. The number of rotatable bonds is 5. The molecular weight excluding hydrogens is 491 g/mol. The van der Waals surface area contributed by atoms with E-state index in [0.29, 0.717) is 24.5 Å². The molecule has 0 saturated heterocycles. The quantitative estimate of drug-likeness (QED) is 0.499. The first-order chi connectivity index (χ1) is 17.3. The summed E-state index contributed by atoms with van der Waals surface area (Å²) in [5.41, 5.74) is 3.73. The van der Waals surface area contributed by atoms with Gasteiger partial charge in [0.25, 0.3) is 5.91 Å². The van der Waals surface area contributed by atoms with Crippen LogP contribution in [-0.4, -0.2) is 46.1 Å². The van der Waals surface area contributed by atoms with E-state index in [0.717, 1.165) is 24.4 Å². The van der Waals surface area contributed by atoms with Gasteiger partial charge in [-0.25, -0.2) is 4.79 Å². The van der Waals surface area contributed by atoms with Crippen LogP contribution in [-0.2, 0) is 27.9 Å². The van der Waals surface area contributed by atoms with E-state index in [2.05, 4.69) is 44.4 Å². The number of amides is 1. The maximum Gasteiger partial charge on any atom is 0.490 e. The lowest BCUT2D eigenvalue weighted by Crippen LogP contribution is -2.32. The second kappa shape index (κ2) is 11.2. The fourth-order valence-corrected chi connectivity index (χ4v) is 3.70. The van der Waals surface area contributed by atoms with Crippen molar-refractivity contribution in [2.45, 2.75) is 58.4 Å². The topological polar surface area (TPSA) is 107 Å². The number of hydrogen-bond acceptors (Lipinski definition) is 5. The lowest BCUT2D eigenvalue weighted by molar-refractivity contribution is -0.192. The smallest absolute Gasteiger partial charge is 0.475 e. The number of aryl methyl sites for hydroxylation is 1. The van der Waals surface area contributed by atoms with Crippen molar-refractivity contribution < 1.29 is 37.0 Å². The normalized spacial score (nSPS) is 15.4. The van der Waals surface area contributed by atoms with Gasteiger partial charge >= 0.3 is 12.1 Å². The molecule has 3 heterocycles. The second-order valence-corrected chi connectivity index (χ2v) is 9.68. The van der Waals surface area contributed by atoms with Gasteiger partial charge in [0, 0.05) is 18.2 Å². The molecule has 2 N–H and O–H groups in total. The van der Waals surface area contributed by atoms with E-state index in [1.165, 1.54) is 11.1 Å². The number of hydrogen-bond donors (Lipinski definition) is 2. The Morgan fingerprint density at radius 1 is 1.19 bits per heavy atom. The maximum absolute atomic E-state index is 12.8. The van der Waals surface area contributed by atoms with Crippen LogP contribution in [0.1, 0.15) is 65.6 Å². The van der Waals surface area contributed by atoms with Crippen LogP contribution in [0.3, 0.4) is 0 Å². The molecule has 3 aromatic rings. The van der Waals surface area contributed by atoms with Crippen molar-refractivity contribution in [2.24, 2.45) is 0 Å². The van der Waals surface area contributed by atoms with Crippen molar-refractivity contribution in [3.05, 3.63) is 76.5 Å². The Balaban J connectivity index is 0.000000479. The number of nitrogens with zero attached hydrogens (tertiary/aromatic N) is 2. The molecule has 1 atom stereocenters. The number of furan rings is 1. The van der Waals surface area contributed by atoms with Crippen LogP contribution in [0.15, 0.2) is 47.0 Å². The van der Waals surface area contributed by atoms with Gasteiger partial charge in [-0.1, -0.05) is 51.1 Å². The van der Waals surface area contributed by atoms with E-state index < -0.39 is 12.1 Å². The van der Waals surface area contributed by atoms with Gasteiger partial charge in [0.15, 0.2) is 0 Å². The van der Waals surface area contributed by atoms with Crippen LogP contribution in [0.25, 0.3) is 0 Å². The Hall–Kier alpha value is -3.60. The minimum atomic E-state index is -5.08. The van der Waals surface area contributed by atoms with Crippen molar-refractivity contribution in [3.8, 4) is 0 Å². The van der Waals surface area contributed by atoms with Gasteiger partial charge in [-0.2, -0.15) is 18.3 Å². The zero-order chi connectivity index (χ0) is 27.4. The van der Waals surface area contributed by atoms with Gasteiger partial charge < -0.3 is 19.6 Å². The van der Waals surface area contributed by atoms with Crippen molar-refractivity contribution in [3.63, 3.8) is 0 Å². The summed E-state index contributed by atoms with van der Waals surface area (Å²) < 4.78 is 45.4. The van der Waals surface area contributed by atoms with E-state index in [9.17, 15) is 18.0 Å². The number of carbonyl (C=O) groups is 2. The Bertz CT molecular complexity index is 1230. The zero-order valence-corrected chi connectivity index (χ0v) is 21.1. The fraction of sp³-hybridized carbons (Fsp3) is 0.423. The molecule has 0 fully saturated rings. The highest BCUT2D eigenvalue weighted by Gasteiger charge is 2.38. The number of alkyl halides is 3. The Labute approximate surface area is 212 Å². The first-order valence-corrected chi connectivity index (χ1v) is 11.7. The monoisotopic (exact) mass is 521 g/mol. The average Bonchev–Trinajstić information content (AvgIpc) is 3.41. The number of carboxylic acid groups (broad SMARTS) is 1. The Morgan fingerprint density at radius 2 is 1.84 bits per heavy atom. The minimum absolute atomic E-state index is 0.143. The molecule has 2 aromatic heterocycles. The van der Waals surface area contributed by atoms with Gasteiger partial charge in [0.2, 0.25) is 0 Å². The van der Waals surface area contributed by atoms with Crippen molar-refractivity contribution in [1.82, 2.24) is 15.1 Å². The van der Waals surface area contributed by atoms with Crippen molar-refractivity contribution in [2.75, 3.05) is 13.2 Å². The van der Waals surface area contributed by atoms with Gasteiger partial charge in [-0.05, 0) is 30.5 Å². The molecule has 0 radical (unpaired) electrons. The maximum atomic E-state index is 12.8. The molecule has 200 valence electrons. The average molecular weight is 522 g/mol. The number of nitrogens with one attached hydrogen (secondary N) is 1. The van der Waals surface area contributed by atoms with Crippen LogP contribution >= 0.6 is 0 Å². The number of fused-ring (bicyclic) bond motifs is 1. The largest absolute Gasteiger partial charge is 0.490 e. The number of aromatic nitrogens is 2. The Morgan fingerprint density at radius 3 is 2.41 bits per heavy atom. The lowest BCUT2D eigenvalue weighted by atomic mass is 9.93. The van der Waals surface area contributed by atoms with E-state index in [1.54, 1.807) is 0 Å². The predicted octanol–water partition coefficient (Wildman–Crippen LogP) is 4.81. The van der Waals surface area contributed by atoms with Gasteiger partial charge in [0.05, 0.1) is 24.4 Å². The summed E-state index contributed by atoms with van der Waals surface area (Å²) >= 11 is 0. The number of carboxylic acids is 1. The number of aliphatic carboxylic acids is 1. The molecule has 1 aliphatic rings. The molecule has 4 rings (SSSR count). The van der Waals surface area contributed by atoms with Crippen molar-refractivity contribution >= 4 is 11.9 Å². The van der Waals surface area contributed by atoms with Crippen molar-refractivity contribution in [1.29, 1.82) is 0 Å². The fourth-order valence-electron chi connectivity index (χ4n) is 3.70. The summed E-state index contributed by atoms with van der Waals surface area (Å²) in [6.07, 6.45) is -2.40. The first kappa shape index (κ1) is 28.0. The predicted molar refractivity (Wildman–Crippen MR) is 128 cm³/mol. The molecule has 0 bridgehead atoms. The molecule has 37 heavy (non-hydrogen) atoms. The summed E-state index contributed by atoms with van der Waals surface area (Å²) in [7, 11) is 0. The number of benzene rings is 1. The van der Waals surface area contributed by atoms with E-state index in [1.807, 2.05) is 35.9 Å². The van der Waals surface area contributed by atoms with E-state index in [-0.39, 0.29) is 17.4 Å². The molecule has 1 amide bonds. The van der Waals surface area contributed by atoms with Crippen LogP contribution in [0.2, 0.25) is 0 Å². The number of halogens is 3. The summed E-state index contributed by atoms with van der Waals surface area (Å²) in [4.78, 5) is 21.7. The molecule has 1 aromatic carbocycles. The van der Waals surface area contributed by atoms with Crippen LogP contribution in [0.4, 0.5) is 13.2 Å².